The van der Waals surface area contributed by atoms with E-state index in [0.29, 0.717) is 0 Å². The van der Waals surface area contributed by atoms with Gasteiger partial charge in [0.1, 0.15) is 0 Å². The normalized spacial score (nSPS) is 6.36. The first-order chi connectivity index (χ1) is 5.27. The van der Waals surface area contributed by atoms with E-state index in [1.165, 1.54) is 6.92 Å². The number of nitrogens with one attached hydrogen (secondary N) is 1. The molecule has 70 valence electrons. The van der Waals surface area contributed by atoms with Crippen LogP contribution in [0.1, 0.15) is 48.0 Å². The fraction of sp³-hybridized carbons (Fsp3) is 0.889. The summed E-state index contributed by atoms with van der Waals surface area (Å²) in [7, 11) is 0. The molecule has 11 heavy (non-hydrogen) atoms. The van der Waals surface area contributed by atoms with Gasteiger partial charge < -0.3 is 5.32 Å². The third-order valence-electron chi connectivity index (χ3n) is 0.624. The molecule has 2 heteroatoms. The van der Waals surface area contributed by atoms with Crippen molar-refractivity contribution in [2.24, 2.45) is 0 Å². The van der Waals surface area contributed by atoms with Crippen LogP contribution < -0.4 is 5.32 Å². The van der Waals surface area contributed by atoms with Gasteiger partial charge in [-0.2, -0.15) is 0 Å². The van der Waals surface area contributed by atoms with Gasteiger partial charge in [0, 0.05) is 13.5 Å². The van der Waals surface area contributed by atoms with E-state index in [1.54, 1.807) is 0 Å². The summed E-state index contributed by atoms with van der Waals surface area (Å²) in [6.07, 6.45) is 1.01. The summed E-state index contributed by atoms with van der Waals surface area (Å²) in [5.41, 5.74) is 0. The second kappa shape index (κ2) is 22.7. The Labute approximate surface area is 71.4 Å². The Balaban J connectivity index is -0.000000138. The molecule has 0 aromatic rings. The van der Waals surface area contributed by atoms with Crippen LogP contribution in [-0.2, 0) is 4.79 Å². The molecule has 2 nitrogen and oxygen atoms in total. The predicted molar refractivity (Wildman–Crippen MR) is 51.7 cm³/mol. The molecule has 0 aromatic carbocycles. The molecular formula is C9H23NO. The largest absolute Gasteiger partial charge is 0.356 e. The number of carbonyl (C=O) groups excluding carboxylic acids is 1. The van der Waals surface area contributed by atoms with Gasteiger partial charge in [-0.1, -0.05) is 34.6 Å². The van der Waals surface area contributed by atoms with E-state index >= 15 is 0 Å². The highest BCUT2D eigenvalue weighted by molar-refractivity contribution is 5.72. The Morgan fingerprint density at radius 1 is 1.18 bits per heavy atom. The van der Waals surface area contributed by atoms with Crippen LogP contribution in [0.15, 0.2) is 0 Å². The monoisotopic (exact) mass is 161 g/mol. The lowest BCUT2D eigenvalue weighted by Crippen LogP contribution is -2.19. The summed E-state index contributed by atoms with van der Waals surface area (Å²) in [5, 5.41) is 2.66. The second-order valence-corrected chi connectivity index (χ2v) is 1.48. The molecule has 0 aliphatic rings. The van der Waals surface area contributed by atoms with Crippen molar-refractivity contribution in [1.29, 1.82) is 0 Å². The molecule has 0 heterocycles. The van der Waals surface area contributed by atoms with Gasteiger partial charge in [-0.15, -0.1) is 0 Å². The molecular weight excluding hydrogens is 138 g/mol. The van der Waals surface area contributed by atoms with Crippen LogP contribution in [0.3, 0.4) is 0 Å². The van der Waals surface area contributed by atoms with Crippen LogP contribution >= 0.6 is 0 Å². The van der Waals surface area contributed by atoms with Crippen molar-refractivity contribution in [3.63, 3.8) is 0 Å². The first-order valence-electron chi connectivity index (χ1n) is 4.51. The van der Waals surface area contributed by atoms with Crippen LogP contribution in [0.25, 0.3) is 0 Å². The summed E-state index contributed by atoms with van der Waals surface area (Å²) in [5.74, 6) is 0.0573. The topological polar surface area (TPSA) is 29.1 Å². The van der Waals surface area contributed by atoms with Crippen molar-refractivity contribution >= 4 is 5.91 Å². The summed E-state index contributed by atoms with van der Waals surface area (Å²) >= 11 is 0. The number of hydrogen-bond donors (Lipinski definition) is 1. The Kier molecular flexibility index (Phi) is 34.7. The molecule has 0 aliphatic carbocycles. The van der Waals surface area contributed by atoms with Gasteiger partial charge in [0.25, 0.3) is 0 Å². The van der Waals surface area contributed by atoms with E-state index in [1.807, 2.05) is 34.6 Å². The minimum Gasteiger partial charge on any atom is -0.356 e. The molecule has 0 saturated carbocycles. The van der Waals surface area contributed by atoms with Crippen molar-refractivity contribution in [1.82, 2.24) is 5.32 Å². The highest BCUT2D eigenvalue weighted by Crippen LogP contribution is 1.67. The molecule has 0 unspecified atom stereocenters. The average Bonchev–Trinajstić information content (AvgIpc) is 2.08. The van der Waals surface area contributed by atoms with E-state index in [4.69, 9.17) is 0 Å². The van der Waals surface area contributed by atoms with Gasteiger partial charge in [0.15, 0.2) is 0 Å². The minimum absolute atomic E-state index is 0.0573. The fourth-order valence-corrected chi connectivity index (χ4v) is 0.301. The van der Waals surface area contributed by atoms with Crippen LogP contribution in [-0.4, -0.2) is 12.5 Å². The van der Waals surface area contributed by atoms with Crippen molar-refractivity contribution in [2.45, 2.75) is 48.0 Å². The van der Waals surface area contributed by atoms with Crippen molar-refractivity contribution in [2.75, 3.05) is 6.54 Å². The average molecular weight is 161 g/mol. The molecule has 0 aliphatic heterocycles. The van der Waals surface area contributed by atoms with Crippen LogP contribution in [0.2, 0.25) is 0 Å². The van der Waals surface area contributed by atoms with Crippen molar-refractivity contribution in [3.05, 3.63) is 0 Å². The van der Waals surface area contributed by atoms with Gasteiger partial charge in [0.2, 0.25) is 5.91 Å². The molecule has 1 amide bonds. The number of rotatable bonds is 2. The SMILES string of the molecule is CC.CC.CCCNC(C)=O. The molecule has 0 atom stereocenters. The molecule has 0 aromatic heterocycles. The maximum atomic E-state index is 10.1. The van der Waals surface area contributed by atoms with E-state index < -0.39 is 0 Å². The number of carbonyl (C=O) groups is 1. The Bertz CT molecular complexity index is 62.6. The predicted octanol–water partition coefficient (Wildman–Crippen LogP) is 2.58. The quantitative estimate of drug-likeness (QED) is 0.662. The molecule has 0 spiro atoms. The molecule has 1 N–H and O–H groups in total. The maximum absolute atomic E-state index is 10.1. The highest BCUT2D eigenvalue weighted by Gasteiger charge is 1.83. The Morgan fingerprint density at radius 2 is 1.55 bits per heavy atom. The lowest BCUT2D eigenvalue weighted by Gasteiger charge is -1.93. The van der Waals surface area contributed by atoms with Gasteiger partial charge in [-0.25, -0.2) is 0 Å². The molecule has 0 rings (SSSR count). The zero-order valence-electron chi connectivity index (χ0n) is 8.82. The van der Waals surface area contributed by atoms with E-state index in [9.17, 15) is 4.79 Å². The molecule has 0 fully saturated rings. The van der Waals surface area contributed by atoms with Crippen molar-refractivity contribution < 1.29 is 4.79 Å². The third-order valence-corrected chi connectivity index (χ3v) is 0.624. The van der Waals surface area contributed by atoms with E-state index in [-0.39, 0.29) is 5.91 Å². The van der Waals surface area contributed by atoms with E-state index in [0.717, 1.165) is 13.0 Å². The minimum atomic E-state index is 0.0573. The van der Waals surface area contributed by atoms with E-state index in [2.05, 4.69) is 5.32 Å². The van der Waals surface area contributed by atoms with Crippen LogP contribution in [0.4, 0.5) is 0 Å². The number of amides is 1. The highest BCUT2D eigenvalue weighted by atomic mass is 16.1. The summed E-state index contributed by atoms with van der Waals surface area (Å²) in [6.45, 7) is 12.3. The molecule has 0 saturated heterocycles. The first-order valence-corrected chi connectivity index (χ1v) is 4.51. The zero-order valence-corrected chi connectivity index (χ0v) is 8.82. The zero-order chi connectivity index (χ0) is 9.70. The standard InChI is InChI=1S/C5H11NO.2C2H6/c1-3-4-6-5(2)7;2*1-2/h3-4H2,1-2H3,(H,6,7);2*1-2H3. The van der Waals surface area contributed by atoms with Gasteiger partial charge in [-0.05, 0) is 6.42 Å². The smallest absolute Gasteiger partial charge is 0.216 e. The third kappa shape index (κ3) is 43.9. The lowest BCUT2D eigenvalue weighted by atomic mass is 10.5. The Hall–Kier alpha value is -0.530. The first kappa shape index (κ1) is 16.8. The Morgan fingerprint density at radius 3 is 1.64 bits per heavy atom. The maximum Gasteiger partial charge on any atom is 0.216 e. The molecule has 0 radical (unpaired) electrons. The van der Waals surface area contributed by atoms with Crippen molar-refractivity contribution in [3.8, 4) is 0 Å². The second-order valence-electron chi connectivity index (χ2n) is 1.48. The lowest BCUT2D eigenvalue weighted by molar-refractivity contribution is -0.118. The van der Waals surface area contributed by atoms with Gasteiger partial charge in [0.05, 0.1) is 0 Å². The van der Waals surface area contributed by atoms with Gasteiger partial charge in [-0.3, -0.25) is 4.79 Å². The summed E-state index contributed by atoms with van der Waals surface area (Å²) < 4.78 is 0. The van der Waals surface area contributed by atoms with Crippen LogP contribution in [0, 0.1) is 0 Å². The van der Waals surface area contributed by atoms with Crippen LogP contribution in [0.5, 0.6) is 0 Å². The fourth-order valence-electron chi connectivity index (χ4n) is 0.301. The summed E-state index contributed by atoms with van der Waals surface area (Å²) in [6, 6.07) is 0. The van der Waals surface area contributed by atoms with Gasteiger partial charge >= 0.3 is 0 Å². The summed E-state index contributed by atoms with van der Waals surface area (Å²) in [4.78, 5) is 10.1. The number of hydrogen-bond acceptors (Lipinski definition) is 1. The molecule has 0 bridgehead atoms.